The largest absolute Gasteiger partial charge is 0.492 e. The number of rotatable bonds is 6. The molecule has 0 saturated carbocycles. The van der Waals surface area contributed by atoms with Crippen LogP contribution in [-0.4, -0.2) is 13.7 Å². The van der Waals surface area contributed by atoms with Crippen molar-refractivity contribution < 1.29 is 4.74 Å². The van der Waals surface area contributed by atoms with Gasteiger partial charge in [-0.3, -0.25) is 0 Å². The lowest BCUT2D eigenvalue weighted by atomic mass is 10.2. The molecule has 96 valence electrons. The van der Waals surface area contributed by atoms with Gasteiger partial charge in [0.1, 0.15) is 5.75 Å². The van der Waals surface area contributed by atoms with Crippen LogP contribution < -0.4 is 10.1 Å². The molecule has 1 N–H and O–H groups in total. The normalized spacial score (nSPS) is 10.6. The van der Waals surface area contributed by atoms with Crippen molar-refractivity contribution in [3.05, 3.63) is 51.2 Å². The first-order valence-corrected chi connectivity index (χ1v) is 7.13. The predicted octanol–water partition coefficient (Wildman–Crippen LogP) is 3.74. The Balaban J connectivity index is 1.89. The number of ether oxygens (including phenoxy) is 1. The van der Waals surface area contributed by atoms with E-state index in [2.05, 4.69) is 22.8 Å². The zero-order valence-electron chi connectivity index (χ0n) is 10.3. The Kier molecular flexibility index (Phi) is 5.05. The fourth-order valence-electron chi connectivity index (χ4n) is 1.69. The molecule has 2 aromatic rings. The molecule has 0 radical (unpaired) electrons. The maximum atomic E-state index is 6.18. The van der Waals surface area contributed by atoms with E-state index < -0.39 is 0 Å². The molecule has 0 saturated heterocycles. The lowest BCUT2D eigenvalue weighted by molar-refractivity contribution is 0.323. The molecule has 0 amide bonds. The summed E-state index contributed by atoms with van der Waals surface area (Å²) in [5.41, 5.74) is 1.16. The van der Waals surface area contributed by atoms with Crippen LogP contribution in [0.3, 0.4) is 0 Å². The summed E-state index contributed by atoms with van der Waals surface area (Å²) in [6.07, 6.45) is 0.923. The fourth-order valence-corrected chi connectivity index (χ4v) is 2.64. The van der Waals surface area contributed by atoms with Gasteiger partial charge in [0.05, 0.1) is 11.6 Å². The van der Waals surface area contributed by atoms with Crippen molar-refractivity contribution in [2.75, 3.05) is 13.7 Å². The summed E-state index contributed by atoms with van der Waals surface area (Å²) >= 11 is 7.93. The average Bonchev–Trinajstić information content (AvgIpc) is 2.85. The SMILES string of the molecule is CNCc1ccc(OCCc2cccs2)c(Cl)c1. The molecule has 0 bridgehead atoms. The molecule has 18 heavy (non-hydrogen) atoms. The highest BCUT2D eigenvalue weighted by Gasteiger charge is 2.03. The molecular weight excluding hydrogens is 266 g/mol. The van der Waals surface area contributed by atoms with Gasteiger partial charge in [0.15, 0.2) is 0 Å². The van der Waals surface area contributed by atoms with Gasteiger partial charge < -0.3 is 10.1 Å². The van der Waals surface area contributed by atoms with Crippen LogP contribution in [0.5, 0.6) is 5.75 Å². The summed E-state index contributed by atoms with van der Waals surface area (Å²) in [5, 5.41) is 5.85. The van der Waals surface area contributed by atoms with E-state index in [1.807, 2.05) is 25.2 Å². The Hall–Kier alpha value is -1.03. The highest BCUT2D eigenvalue weighted by molar-refractivity contribution is 7.09. The highest BCUT2D eigenvalue weighted by atomic mass is 35.5. The smallest absolute Gasteiger partial charge is 0.137 e. The van der Waals surface area contributed by atoms with Gasteiger partial charge in [-0.25, -0.2) is 0 Å². The van der Waals surface area contributed by atoms with E-state index >= 15 is 0 Å². The van der Waals surface area contributed by atoms with E-state index in [0.29, 0.717) is 11.6 Å². The number of hydrogen-bond acceptors (Lipinski definition) is 3. The molecule has 0 aliphatic rings. The monoisotopic (exact) mass is 281 g/mol. The summed E-state index contributed by atoms with van der Waals surface area (Å²) in [6.45, 7) is 1.47. The Bertz CT molecular complexity index is 485. The Morgan fingerprint density at radius 3 is 2.89 bits per heavy atom. The number of thiophene rings is 1. The van der Waals surface area contributed by atoms with E-state index in [1.165, 1.54) is 4.88 Å². The first kappa shape index (κ1) is 13.4. The van der Waals surface area contributed by atoms with Crippen molar-refractivity contribution in [1.82, 2.24) is 5.32 Å². The van der Waals surface area contributed by atoms with Crippen LogP contribution in [0.2, 0.25) is 5.02 Å². The van der Waals surface area contributed by atoms with Gasteiger partial charge in [0.2, 0.25) is 0 Å². The van der Waals surface area contributed by atoms with Gasteiger partial charge >= 0.3 is 0 Å². The van der Waals surface area contributed by atoms with Crippen molar-refractivity contribution in [2.45, 2.75) is 13.0 Å². The zero-order chi connectivity index (χ0) is 12.8. The Morgan fingerprint density at radius 1 is 1.33 bits per heavy atom. The minimum absolute atomic E-state index is 0.658. The van der Waals surface area contributed by atoms with Crippen LogP contribution in [0.1, 0.15) is 10.4 Å². The molecule has 2 nitrogen and oxygen atoms in total. The van der Waals surface area contributed by atoms with Crippen molar-refractivity contribution in [3.8, 4) is 5.75 Å². The number of nitrogens with one attached hydrogen (secondary N) is 1. The van der Waals surface area contributed by atoms with E-state index in [0.717, 1.165) is 24.3 Å². The van der Waals surface area contributed by atoms with Crippen molar-refractivity contribution in [1.29, 1.82) is 0 Å². The number of benzene rings is 1. The molecule has 1 aromatic heterocycles. The third-order valence-electron chi connectivity index (χ3n) is 2.56. The van der Waals surface area contributed by atoms with Crippen molar-refractivity contribution in [2.24, 2.45) is 0 Å². The van der Waals surface area contributed by atoms with E-state index in [1.54, 1.807) is 11.3 Å². The maximum Gasteiger partial charge on any atom is 0.137 e. The van der Waals surface area contributed by atoms with E-state index in [4.69, 9.17) is 16.3 Å². The molecular formula is C14H16ClNOS. The second kappa shape index (κ2) is 6.78. The lowest BCUT2D eigenvalue weighted by Crippen LogP contribution is -2.05. The molecule has 0 spiro atoms. The zero-order valence-corrected chi connectivity index (χ0v) is 11.9. The van der Waals surface area contributed by atoms with Gasteiger partial charge in [-0.05, 0) is 36.2 Å². The molecule has 0 fully saturated rings. The summed E-state index contributed by atoms with van der Waals surface area (Å²) in [5.74, 6) is 0.757. The maximum absolute atomic E-state index is 6.18. The second-order valence-electron chi connectivity index (χ2n) is 3.97. The molecule has 1 aromatic carbocycles. The minimum atomic E-state index is 0.658. The van der Waals surface area contributed by atoms with E-state index in [9.17, 15) is 0 Å². The number of halogens is 1. The molecule has 4 heteroatoms. The summed E-state index contributed by atoms with van der Waals surface area (Å²) in [7, 11) is 1.92. The third kappa shape index (κ3) is 3.73. The highest BCUT2D eigenvalue weighted by Crippen LogP contribution is 2.25. The first-order valence-electron chi connectivity index (χ1n) is 5.88. The van der Waals surface area contributed by atoms with Gasteiger partial charge in [0.25, 0.3) is 0 Å². The molecule has 1 heterocycles. The van der Waals surface area contributed by atoms with Crippen LogP contribution in [0.15, 0.2) is 35.7 Å². The van der Waals surface area contributed by atoms with Crippen molar-refractivity contribution in [3.63, 3.8) is 0 Å². The van der Waals surface area contributed by atoms with Crippen LogP contribution in [0.25, 0.3) is 0 Å². The average molecular weight is 282 g/mol. The van der Waals surface area contributed by atoms with Gasteiger partial charge in [0, 0.05) is 17.8 Å². The summed E-state index contributed by atoms with van der Waals surface area (Å²) < 4.78 is 5.70. The quantitative estimate of drug-likeness (QED) is 0.871. The standard InChI is InChI=1S/C14H16ClNOS/c1-16-10-11-4-5-14(13(15)9-11)17-7-6-12-3-2-8-18-12/h2-5,8-9,16H,6-7,10H2,1H3. The first-order chi connectivity index (χ1) is 8.79. The Morgan fingerprint density at radius 2 is 2.22 bits per heavy atom. The van der Waals surface area contributed by atoms with E-state index in [-0.39, 0.29) is 0 Å². The summed E-state index contributed by atoms with van der Waals surface area (Å²) in [6, 6.07) is 10.1. The third-order valence-corrected chi connectivity index (χ3v) is 3.79. The molecule has 0 aliphatic carbocycles. The lowest BCUT2D eigenvalue weighted by Gasteiger charge is -2.09. The van der Waals surface area contributed by atoms with Gasteiger partial charge in [-0.1, -0.05) is 23.7 Å². The summed E-state index contributed by atoms with van der Waals surface area (Å²) in [4.78, 5) is 1.33. The minimum Gasteiger partial charge on any atom is -0.492 e. The molecule has 2 rings (SSSR count). The molecule has 0 aliphatic heterocycles. The second-order valence-corrected chi connectivity index (χ2v) is 5.41. The van der Waals surface area contributed by atoms with Gasteiger partial charge in [-0.2, -0.15) is 0 Å². The molecule has 0 atom stereocenters. The predicted molar refractivity (Wildman–Crippen MR) is 77.7 cm³/mol. The van der Waals surface area contributed by atoms with Crippen LogP contribution >= 0.6 is 22.9 Å². The fraction of sp³-hybridized carbons (Fsp3) is 0.286. The van der Waals surface area contributed by atoms with Crippen LogP contribution in [-0.2, 0) is 13.0 Å². The molecule has 0 unspecified atom stereocenters. The van der Waals surface area contributed by atoms with Crippen LogP contribution in [0.4, 0.5) is 0 Å². The van der Waals surface area contributed by atoms with Gasteiger partial charge in [-0.15, -0.1) is 11.3 Å². The van der Waals surface area contributed by atoms with Crippen LogP contribution in [0, 0.1) is 0 Å². The topological polar surface area (TPSA) is 21.3 Å². The van der Waals surface area contributed by atoms with Crippen molar-refractivity contribution >= 4 is 22.9 Å². The number of hydrogen-bond donors (Lipinski definition) is 1. The Labute approximate surface area is 117 Å².